The van der Waals surface area contributed by atoms with Crippen molar-refractivity contribution in [3.63, 3.8) is 0 Å². The van der Waals surface area contributed by atoms with Crippen LogP contribution in [-0.2, 0) is 14.3 Å². The van der Waals surface area contributed by atoms with Crippen molar-refractivity contribution in [2.45, 2.75) is 97.0 Å². The number of hydrogen-bond acceptors (Lipinski definition) is 5. The third kappa shape index (κ3) is 9.06. The van der Waals surface area contributed by atoms with E-state index in [1.807, 2.05) is 43.5 Å². The third-order valence-corrected chi connectivity index (χ3v) is 6.67. The van der Waals surface area contributed by atoms with E-state index < -0.39 is 23.8 Å². The molecule has 8 heteroatoms. The fourth-order valence-corrected chi connectivity index (χ4v) is 4.67. The number of carbonyl (C=O) groups excluding carboxylic acids is 3. The molecule has 0 saturated heterocycles. The number of benzene rings is 1. The van der Waals surface area contributed by atoms with Crippen molar-refractivity contribution >= 4 is 29.7 Å². The van der Waals surface area contributed by atoms with Crippen molar-refractivity contribution in [1.82, 2.24) is 15.5 Å². The Morgan fingerprint density at radius 2 is 1.77 bits per heavy atom. The SMILES string of the molecule is CCCC(C)NC(=O)C(c1ccccc1)N(C(=O)C(CCSC)NC(=O)OC(C)(C)C)C1CC1C. The van der Waals surface area contributed by atoms with Crippen molar-refractivity contribution in [1.29, 1.82) is 0 Å². The van der Waals surface area contributed by atoms with Crippen LogP contribution in [0.4, 0.5) is 4.79 Å². The summed E-state index contributed by atoms with van der Waals surface area (Å²) in [4.78, 5) is 42.0. The number of rotatable bonds is 12. The van der Waals surface area contributed by atoms with Crippen LogP contribution in [0.3, 0.4) is 0 Å². The maximum absolute atomic E-state index is 14.1. The molecular weight excluding hydrogens is 462 g/mol. The minimum absolute atomic E-state index is 0.000493. The Balaban J connectivity index is 2.41. The van der Waals surface area contributed by atoms with E-state index in [0.29, 0.717) is 12.2 Å². The molecule has 3 amide bonds. The van der Waals surface area contributed by atoms with Crippen LogP contribution in [0, 0.1) is 5.92 Å². The minimum atomic E-state index is -0.780. The van der Waals surface area contributed by atoms with Gasteiger partial charge in [0.05, 0.1) is 0 Å². The predicted octanol–water partition coefficient (Wildman–Crippen LogP) is 4.92. The van der Waals surface area contributed by atoms with Gasteiger partial charge >= 0.3 is 6.09 Å². The highest BCUT2D eigenvalue weighted by atomic mass is 32.2. The zero-order valence-corrected chi connectivity index (χ0v) is 23.1. The first kappa shape index (κ1) is 29.0. The van der Waals surface area contributed by atoms with Gasteiger partial charge in [-0.2, -0.15) is 11.8 Å². The van der Waals surface area contributed by atoms with Gasteiger partial charge in [-0.15, -0.1) is 0 Å². The van der Waals surface area contributed by atoms with E-state index in [0.717, 1.165) is 24.8 Å². The van der Waals surface area contributed by atoms with E-state index >= 15 is 0 Å². The highest BCUT2D eigenvalue weighted by molar-refractivity contribution is 7.98. The van der Waals surface area contributed by atoms with Crippen LogP contribution in [0.1, 0.15) is 78.8 Å². The highest BCUT2D eigenvalue weighted by Gasteiger charge is 2.48. The van der Waals surface area contributed by atoms with Crippen molar-refractivity contribution < 1.29 is 19.1 Å². The first-order chi connectivity index (χ1) is 16.5. The molecule has 0 aliphatic heterocycles. The fraction of sp³-hybridized carbons (Fsp3) is 0.667. The van der Waals surface area contributed by atoms with E-state index in [1.165, 1.54) is 0 Å². The lowest BCUT2D eigenvalue weighted by molar-refractivity contribution is -0.143. The second-order valence-corrected chi connectivity index (χ2v) is 11.5. The van der Waals surface area contributed by atoms with Crippen LogP contribution < -0.4 is 10.6 Å². The molecule has 1 aromatic rings. The lowest BCUT2D eigenvalue weighted by Gasteiger charge is -2.35. The summed E-state index contributed by atoms with van der Waals surface area (Å²) >= 11 is 1.61. The fourth-order valence-electron chi connectivity index (χ4n) is 4.20. The molecule has 1 aromatic carbocycles. The molecule has 7 nitrogen and oxygen atoms in total. The lowest BCUT2D eigenvalue weighted by atomic mass is 10.0. The topological polar surface area (TPSA) is 87.7 Å². The maximum atomic E-state index is 14.1. The number of ether oxygens (including phenoxy) is 1. The largest absolute Gasteiger partial charge is 0.444 e. The average Bonchev–Trinajstić information content (AvgIpc) is 3.49. The molecule has 1 aliphatic carbocycles. The average molecular weight is 506 g/mol. The standard InChI is InChI=1S/C27H43N3O4S/c1-8-12-19(3)28-24(31)23(20-13-10-9-11-14-20)30(22-17-18(22)2)25(32)21(15-16-35-7)29-26(33)34-27(4,5)6/h9-11,13-14,18-19,21-23H,8,12,15-17H2,1-7H3,(H,28,31)(H,29,33). The van der Waals surface area contributed by atoms with Crippen molar-refractivity contribution in [3.8, 4) is 0 Å². The van der Waals surface area contributed by atoms with Crippen LogP contribution in [0.15, 0.2) is 30.3 Å². The van der Waals surface area contributed by atoms with Gasteiger partial charge in [0.2, 0.25) is 11.8 Å². The normalized spacial score (nSPS) is 19.7. The quantitative estimate of drug-likeness (QED) is 0.421. The Hall–Kier alpha value is -2.22. The van der Waals surface area contributed by atoms with Gasteiger partial charge in [-0.05, 0) is 70.4 Å². The summed E-state index contributed by atoms with van der Waals surface area (Å²) in [5, 5.41) is 5.91. The molecule has 0 aromatic heterocycles. The molecule has 1 aliphatic rings. The highest BCUT2D eigenvalue weighted by Crippen LogP contribution is 2.41. The van der Waals surface area contributed by atoms with Gasteiger partial charge in [-0.25, -0.2) is 4.79 Å². The molecular formula is C27H43N3O4S. The summed E-state index contributed by atoms with van der Waals surface area (Å²) in [5.74, 6) is 0.543. The second kappa shape index (κ2) is 13.2. The molecule has 1 saturated carbocycles. The minimum Gasteiger partial charge on any atom is -0.444 e. The molecule has 0 radical (unpaired) electrons. The predicted molar refractivity (Wildman–Crippen MR) is 142 cm³/mol. The van der Waals surface area contributed by atoms with Gasteiger partial charge in [0, 0.05) is 12.1 Å². The molecule has 2 N–H and O–H groups in total. The van der Waals surface area contributed by atoms with Crippen LogP contribution in [-0.4, -0.2) is 58.5 Å². The first-order valence-corrected chi connectivity index (χ1v) is 14.0. The molecule has 1 fully saturated rings. The van der Waals surface area contributed by atoms with Crippen LogP contribution in [0.2, 0.25) is 0 Å². The van der Waals surface area contributed by atoms with E-state index in [4.69, 9.17) is 4.74 Å². The molecule has 5 unspecified atom stereocenters. The summed E-state index contributed by atoms with van der Waals surface area (Å²) in [5.41, 5.74) is 0.0889. The van der Waals surface area contributed by atoms with Crippen LogP contribution >= 0.6 is 11.8 Å². The monoisotopic (exact) mass is 505 g/mol. The third-order valence-electron chi connectivity index (χ3n) is 6.03. The van der Waals surface area contributed by atoms with E-state index in [9.17, 15) is 14.4 Å². The van der Waals surface area contributed by atoms with Crippen molar-refractivity contribution in [3.05, 3.63) is 35.9 Å². The van der Waals surface area contributed by atoms with Crippen LogP contribution in [0.5, 0.6) is 0 Å². The first-order valence-electron chi connectivity index (χ1n) is 12.6. The number of thioether (sulfide) groups is 1. The summed E-state index contributed by atoms with van der Waals surface area (Å²) < 4.78 is 5.44. The van der Waals surface area contributed by atoms with Gasteiger partial charge in [0.25, 0.3) is 0 Å². The summed E-state index contributed by atoms with van der Waals surface area (Å²) in [7, 11) is 0. The summed E-state index contributed by atoms with van der Waals surface area (Å²) in [6.07, 6.45) is 4.43. The molecule has 5 atom stereocenters. The number of hydrogen-bond donors (Lipinski definition) is 2. The molecule has 0 bridgehead atoms. The Kier molecular flexibility index (Phi) is 10.9. The zero-order valence-electron chi connectivity index (χ0n) is 22.3. The van der Waals surface area contributed by atoms with E-state index in [2.05, 4.69) is 24.5 Å². The molecule has 0 spiro atoms. The van der Waals surface area contributed by atoms with Gasteiger partial charge < -0.3 is 20.3 Å². The Labute approximate surface area is 215 Å². The molecule has 0 heterocycles. The summed E-state index contributed by atoms with van der Waals surface area (Å²) in [6.45, 7) is 11.5. The number of amides is 3. The van der Waals surface area contributed by atoms with Crippen LogP contribution in [0.25, 0.3) is 0 Å². The Bertz CT molecular complexity index is 843. The molecule has 196 valence electrons. The van der Waals surface area contributed by atoms with E-state index in [1.54, 1.807) is 37.4 Å². The smallest absolute Gasteiger partial charge is 0.408 e. The van der Waals surface area contributed by atoms with Gasteiger partial charge in [-0.3, -0.25) is 9.59 Å². The van der Waals surface area contributed by atoms with Crippen molar-refractivity contribution in [2.75, 3.05) is 12.0 Å². The van der Waals surface area contributed by atoms with Gasteiger partial charge in [-0.1, -0.05) is 50.6 Å². The second-order valence-electron chi connectivity index (χ2n) is 10.5. The number of carbonyl (C=O) groups is 3. The zero-order chi connectivity index (χ0) is 26.2. The lowest BCUT2D eigenvalue weighted by Crippen LogP contribution is -2.54. The Morgan fingerprint density at radius 3 is 2.29 bits per heavy atom. The molecule has 2 rings (SSSR count). The number of alkyl carbamates (subject to hydrolysis) is 1. The summed E-state index contributed by atoms with van der Waals surface area (Å²) in [6, 6.07) is 7.84. The number of nitrogens with zero attached hydrogens (tertiary/aromatic N) is 1. The maximum Gasteiger partial charge on any atom is 0.408 e. The Morgan fingerprint density at radius 1 is 1.14 bits per heavy atom. The van der Waals surface area contributed by atoms with Gasteiger partial charge in [0.15, 0.2) is 0 Å². The van der Waals surface area contributed by atoms with E-state index in [-0.39, 0.29) is 29.8 Å². The van der Waals surface area contributed by atoms with Crippen molar-refractivity contribution in [2.24, 2.45) is 5.92 Å². The molecule has 35 heavy (non-hydrogen) atoms. The number of nitrogens with one attached hydrogen (secondary N) is 2. The van der Waals surface area contributed by atoms with Gasteiger partial charge in [0.1, 0.15) is 17.7 Å².